The minimum Gasteiger partial charge on any atom is -0.383 e. The van der Waals surface area contributed by atoms with E-state index in [1.807, 2.05) is 0 Å². The van der Waals surface area contributed by atoms with Crippen molar-refractivity contribution in [3.8, 4) is 0 Å². The number of halogens is 1. The first kappa shape index (κ1) is 23.2. The lowest BCUT2D eigenvalue weighted by molar-refractivity contribution is 0.179. The first-order valence-corrected chi connectivity index (χ1v) is 9.47. The summed E-state index contributed by atoms with van der Waals surface area (Å²) in [4.78, 5) is 6.85. The standard InChI is InChI=1S/C20H34N4O.HI/c1-17(16-25-3)23-20(21-2)22-14-18-8-10-19(11-9-18)15-24-12-6-4-5-7-13-24;/h8-11,17H,4-7,12-16H2,1-3H3,(H2,21,22,23);1H. The molecule has 26 heavy (non-hydrogen) atoms. The van der Waals surface area contributed by atoms with Gasteiger partial charge in [-0.15, -0.1) is 24.0 Å². The number of nitrogens with zero attached hydrogens (tertiary/aromatic N) is 2. The van der Waals surface area contributed by atoms with E-state index in [-0.39, 0.29) is 30.0 Å². The van der Waals surface area contributed by atoms with Gasteiger partial charge in [0.05, 0.1) is 6.61 Å². The van der Waals surface area contributed by atoms with E-state index in [2.05, 4.69) is 51.7 Å². The maximum Gasteiger partial charge on any atom is 0.191 e. The van der Waals surface area contributed by atoms with Gasteiger partial charge >= 0.3 is 0 Å². The molecule has 0 spiro atoms. The first-order chi connectivity index (χ1) is 12.2. The average molecular weight is 474 g/mol. The van der Waals surface area contributed by atoms with Crippen molar-refractivity contribution < 1.29 is 4.74 Å². The Kier molecular flexibility index (Phi) is 11.9. The van der Waals surface area contributed by atoms with Crippen molar-refractivity contribution in [2.24, 2.45) is 4.99 Å². The normalized spacial score (nSPS) is 17.1. The van der Waals surface area contributed by atoms with Crippen LogP contribution in [-0.2, 0) is 17.8 Å². The Balaban J connectivity index is 0.00000338. The van der Waals surface area contributed by atoms with Crippen LogP contribution in [0.2, 0.25) is 0 Å². The highest BCUT2D eigenvalue weighted by molar-refractivity contribution is 14.0. The number of ether oxygens (including phenoxy) is 1. The fourth-order valence-electron chi connectivity index (χ4n) is 3.22. The van der Waals surface area contributed by atoms with Crippen LogP contribution in [0, 0.1) is 0 Å². The molecule has 1 saturated heterocycles. The monoisotopic (exact) mass is 474 g/mol. The highest BCUT2D eigenvalue weighted by Crippen LogP contribution is 2.13. The zero-order chi connectivity index (χ0) is 17.9. The molecule has 5 nitrogen and oxygen atoms in total. The molecule has 1 fully saturated rings. The van der Waals surface area contributed by atoms with E-state index in [1.165, 1.54) is 49.9 Å². The molecule has 1 aliphatic heterocycles. The Morgan fingerprint density at radius 3 is 2.31 bits per heavy atom. The van der Waals surface area contributed by atoms with Gasteiger partial charge in [0.25, 0.3) is 0 Å². The Hall–Kier alpha value is -0.860. The van der Waals surface area contributed by atoms with E-state index in [4.69, 9.17) is 4.74 Å². The molecule has 2 N–H and O–H groups in total. The molecule has 0 aliphatic carbocycles. The van der Waals surface area contributed by atoms with E-state index in [9.17, 15) is 0 Å². The van der Waals surface area contributed by atoms with Crippen LogP contribution in [0.25, 0.3) is 0 Å². The van der Waals surface area contributed by atoms with E-state index >= 15 is 0 Å². The minimum atomic E-state index is 0. The van der Waals surface area contributed by atoms with Crippen molar-refractivity contribution >= 4 is 29.9 Å². The molecule has 148 valence electrons. The second-order valence-corrected chi connectivity index (χ2v) is 6.93. The molecule has 6 heteroatoms. The number of aliphatic imine (C=N–C) groups is 1. The first-order valence-electron chi connectivity index (χ1n) is 9.47. The third kappa shape index (κ3) is 8.68. The van der Waals surface area contributed by atoms with E-state index < -0.39 is 0 Å². The van der Waals surface area contributed by atoms with Gasteiger partial charge in [-0.1, -0.05) is 37.1 Å². The summed E-state index contributed by atoms with van der Waals surface area (Å²) < 4.78 is 5.15. The summed E-state index contributed by atoms with van der Waals surface area (Å²) in [5.74, 6) is 0.804. The predicted molar refractivity (Wildman–Crippen MR) is 120 cm³/mol. The lowest BCUT2D eigenvalue weighted by Gasteiger charge is -2.20. The number of rotatable bonds is 7. The van der Waals surface area contributed by atoms with Crippen LogP contribution in [0.5, 0.6) is 0 Å². The van der Waals surface area contributed by atoms with Gasteiger partial charge in [-0.05, 0) is 44.0 Å². The van der Waals surface area contributed by atoms with Crippen molar-refractivity contribution in [2.75, 3.05) is 33.9 Å². The predicted octanol–water partition coefficient (Wildman–Crippen LogP) is 3.38. The van der Waals surface area contributed by atoms with Crippen LogP contribution < -0.4 is 10.6 Å². The second-order valence-electron chi connectivity index (χ2n) is 6.93. The Morgan fingerprint density at radius 2 is 1.73 bits per heavy atom. The van der Waals surface area contributed by atoms with Gasteiger partial charge in [-0.2, -0.15) is 0 Å². The largest absolute Gasteiger partial charge is 0.383 e. The zero-order valence-corrected chi connectivity index (χ0v) is 18.8. The third-order valence-electron chi connectivity index (χ3n) is 4.61. The summed E-state index contributed by atoms with van der Waals surface area (Å²) in [5, 5.41) is 6.67. The molecule has 0 bridgehead atoms. The molecular formula is C20H35IN4O. The molecule has 0 saturated carbocycles. The highest BCUT2D eigenvalue weighted by atomic mass is 127. The summed E-state index contributed by atoms with van der Waals surface area (Å²) in [6.45, 7) is 7.06. The van der Waals surface area contributed by atoms with E-state index in [0.29, 0.717) is 6.61 Å². The molecule has 2 rings (SSSR count). The van der Waals surface area contributed by atoms with Gasteiger partial charge in [-0.3, -0.25) is 9.89 Å². The van der Waals surface area contributed by atoms with Gasteiger partial charge in [0.2, 0.25) is 0 Å². The number of benzene rings is 1. The van der Waals surface area contributed by atoms with Crippen molar-refractivity contribution in [3.05, 3.63) is 35.4 Å². The summed E-state index contributed by atoms with van der Waals surface area (Å²) in [6.07, 6.45) is 5.46. The molecule has 0 amide bonds. The van der Waals surface area contributed by atoms with Crippen molar-refractivity contribution in [1.82, 2.24) is 15.5 Å². The van der Waals surface area contributed by atoms with Crippen LogP contribution in [0.15, 0.2) is 29.3 Å². The fraction of sp³-hybridized carbons (Fsp3) is 0.650. The Bertz CT molecular complexity index is 513. The minimum absolute atomic E-state index is 0. The van der Waals surface area contributed by atoms with Crippen LogP contribution >= 0.6 is 24.0 Å². The van der Waals surface area contributed by atoms with Crippen molar-refractivity contribution in [2.45, 2.75) is 51.7 Å². The Morgan fingerprint density at radius 1 is 1.12 bits per heavy atom. The SMILES string of the molecule is CN=C(NCc1ccc(CN2CCCCCC2)cc1)NC(C)COC.I. The molecule has 1 aromatic carbocycles. The van der Waals surface area contributed by atoms with Crippen LogP contribution in [-0.4, -0.2) is 50.8 Å². The Labute approximate surface area is 176 Å². The van der Waals surface area contributed by atoms with E-state index in [1.54, 1.807) is 14.2 Å². The lowest BCUT2D eigenvalue weighted by Crippen LogP contribution is -2.43. The van der Waals surface area contributed by atoms with Gasteiger partial charge < -0.3 is 15.4 Å². The maximum atomic E-state index is 5.15. The topological polar surface area (TPSA) is 48.9 Å². The van der Waals surface area contributed by atoms with Crippen molar-refractivity contribution in [1.29, 1.82) is 0 Å². The van der Waals surface area contributed by atoms with Gasteiger partial charge in [0.1, 0.15) is 0 Å². The fourth-order valence-corrected chi connectivity index (χ4v) is 3.22. The maximum absolute atomic E-state index is 5.15. The van der Waals surface area contributed by atoms with Crippen LogP contribution in [0.1, 0.15) is 43.7 Å². The molecule has 1 heterocycles. The summed E-state index contributed by atoms with van der Waals surface area (Å²) in [5.41, 5.74) is 2.67. The molecule has 1 atom stereocenters. The number of methoxy groups -OCH3 is 1. The number of hydrogen-bond donors (Lipinski definition) is 2. The van der Waals surface area contributed by atoms with Gasteiger partial charge in [0.15, 0.2) is 5.96 Å². The summed E-state index contributed by atoms with van der Waals surface area (Å²) >= 11 is 0. The number of likely N-dealkylation sites (tertiary alicyclic amines) is 1. The highest BCUT2D eigenvalue weighted by Gasteiger charge is 2.09. The lowest BCUT2D eigenvalue weighted by atomic mass is 10.1. The molecule has 1 aliphatic rings. The molecule has 0 radical (unpaired) electrons. The molecule has 0 aromatic heterocycles. The molecule has 1 unspecified atom stereocenters. The molecule has 1 aromatic rings. The third-order valence-corrected chi connectivity index (χ3v) is 4.61. The molecular weight excluding hydrogens is 439 g/mol. The van der Waals surface area contributed by atoms with Crippen molar-refractivity contribution in [3.63, 3.8) is 0 Å². The van der Waals surface area contributed by atoms with Crippen LogP contribution in [0.4, 0.5) is 0 Å². The summed E-state index contributed by atoms with van der Waals surface area (Å²) in [7, 11) is 3.50. The van der Waals surface area contributed by atoms with Gasteiger partial charge in [0, 0.05) is 33.3 Å². The number of guanidine groups is 1. The smallest absolute Gasteiger partial charge is 0.191 e. The van der Waals surface area contributed by atoms with Crippen LogP contribution in [0.3, 0.4) is 0 Å². The second kappa shape index (κ2) is 13.3. The zero-order valence-electron chi connectivity index (χ0n) is 16.5. The number of nitrogens with one attached hydrogen (secondary N) is 2. The number of hydrogen-bond acceptors (Lipinski definition) is 3. The summed E-state index contributed by atoms with van der Waals surface area (Å²) in [6, 6.07) is 9.17. The quantitative estimate of drug-likeness (QED) is 0.362. The van der Waals surface area contributed by atoms with Gasteiger partial charge in [-0.25, -0.2) is 0 Å². The average Bonchev–Trinajstić information content (AvgIpc) is 2.88. The van der Waals surface area contributed by atoms with E-state index in [0.717, 1.165) is 19.0 Å².